The van der Waals surface area contributed by atoms with E-state index < -0.39 is 0 Å². The fourth-order valence-electron chi connectivity index (χ4n) is 3.22. The first-order valence-corrected chi connectivity index (χ1v) is 10.5. The molecule has 0 amide bonds. The number of rotatable bonds is 5. The Morgan fingerprint density at radius 1 is 1.17 bits per heavy atom. The van der Waals surface area contributed by atoms with Crippen LogP contribution in [0.3, 0.4) is 0 Å². The van der Waals surface area contributed by atoms with Crippen LogP contribution in [0.1, 0.15) is 16.8 Å². The minimum Gasteiger partial charge on any atom is -0.378 e. The van der Waals surface area contributed by atoms with Gasteiger partial charge >= 0.3 is 0 Å². The van der Waals surface area contributed by atoms with Gasteiger partial charge in [-0.3, -0.25) is 0 Å². The first-order chi connectivity index (χ1) is 14.7. The maximum absolute atomic E-state index is 9.38. The van der Waals surface area contributed by atoms with E-state index in [2.05, 4.69) is 33.1 Å². The molecule has 3 aromatic rings. The Balaban J connectivity index is 1.69. The molecule has 1 saturated heterocycles. The van der Waals surface area contributed by atoms with Crippen molar-refractivity contribution in [2.75, 3.05) is 31.2 Å². The van der Waals surface area contributed by atoms with E-state index in [9.17, 15) is 5.26 Å². The first kappa shape index (κ1) is 20.3. The maximum atomic E-state index is 9.38. The van der Waals surface area contributed by atoms with E-state index in [4.69, 9.17) is 15.5 Å². The summed E-state index contributed by atoms with van der Waals surface area (Å²) in [5.74, 6) is 1.56. The first-order valence-electron chi connectivity index (χ1n) is 9.71. The monoisotopic (exact) mass is 418 g/mol. The van der Waals surface area contributed by atoms with Gasteiger partial charge in [0.05, 0.1) is 24.8 Å². The highest BCUT2D eigenvalue weighted by molar-refractivity contribution is 7.99. The van der Waals surface area contributed by atoms with Gasteiger partial charge in [0, 0.05) is 58.6 Å². The summed E-state index contributed by atoms with van der Waals surface area (Å²) in [7, 11) is 0. The third kappa shape index (κ3) is 4.60. The van der Waals surface area contributed by atoms with Crippen LogP contribution in [0.5, 0.6) is 0 Å². The molecule has 30 heavy (non-hydrogen) atoms. The van der Waals surface area contributed by atoms with E-state index >= 15 is 0 Å². The Morgan fingerprint density at radius 2 is 1.93 bits per heavy atom. The molecule has 7 nitrogen and oxygen atoms in total. The Hall–Kier alpha value is -2.99. The number of nitrogens with zero attached hydrogens (tertiary/aromatic N) is 5. The lowest BCUT2D eigenvalue weighted by molar-refractivity contribution is 0.122. The van der Waals surface area contributed by atoms with Crippen molar-refractivity contribution in [3.63, 3.8) is 0 Å². The lowest BCUT2D eigenvalue weighted by atomic mass is 10.1. The van der Waals surface area contributed by atoms with Crippen LogP contribution in [0.2, 0.25) is 0 Å². The van der Waals surface area contributed by atoms with E-state index in [0.717, 1.165) is 45.5 Å². The van der Waals surface area contributed by atoms with E-state index in [-0.39, 0.29) is 0 Å². The van der Waals surface area contributed by atoms with Crippen molar-refractivity contribution in [3.05, 3.63) is 59.5 Å². The molecule has 2 aromatic heterocycles. The molecule has 152 valence electrons. The van der Waals surface area contributed by atoms with E-state index in [1.54, 1.807) is 30.2 Å². The molecular formula is C22H22N6OS. The summed E-state index contributed by atoms with van der Waals surface area (Å²) in [6.07, 6.45) is 3.48. The number of anilines is 1. The molecule has 4 rings (SSSR count). The van der Waals surface area contributed by atoms with Crippen LogP contribution in [0.25, 0.3) is 11.4 Å². The molecule has 1 fully saturated rings. The minimum atomic E-state index is 0.399. The zero-order valence-corrected chi connectivity index (χ0v) is 17.5. The summed E-state index contributed by atoms with van der Waals surface area (Å²) >= 11 is 1.59. The summed E-state index contributed by atoms with van der Waals surface area (Å²) in [5, 5.41) is 9.38. The maximum Gasteiger partial charge on any atom is 0.160 e. The largest absolute Gasteiger partial charge is 0.378 e. The van der Waals surface area contributed by atoms with Crippen molar-refractivity contribution in [2.24, 2.45) is 5.73 Å². The van der Waals surface area contributed by atoms with Gasteiger partial charge in [-0.15, -0.1) is 0 Å². The normalized spacial score (nSPS) is 13.8. The Labute approximate surface area is 179 Å². The van der Waals surface area contributed by atoms with Crippen LogP contribution in [-0.4, -0.2) is 41.3 Å². The van der Waals surface area contributed by atoms with Gasteiger partial charge in [0.2, 0.25) is 0 Å². The van der Waals surface area contributed by atoms with Crippen molar-refractivity contribution >= 4 is 17.6 Å². The molecule has 0 unspecified atom stereocenters. The van der Waals surface area contributed by atoms with Gasteiger partial charge in [0.1, 0.15) is 5.82 Å². The molecule has 0 spiro atoms. The lowest BCUT2D eigenvalue weighted by Crippen LogP contribution is -2.36. The predicted octanol–water partition coefficient (Wildman–Crippen LogP) is 3.17. The second kappa shape index (κ2) is 9.22. The molecule has 8 heteroatoms. The highest BCUT2D eigenvalue weighted by Gasteiger charge is 2.16. The van der Waals surface area contributed by atoms with Crippen molar-refractivity contribution in [1.29, 1.82) is 5.26 Å². The number of hydrogen-bond acceptors (Lipinski definition) is 8. The smallest absolute Gasteiger partial charge is 0.160 e. The van der Waals surface area contributed by atoms with Crippen LogP contribution < -0.4 is 10.6 Å². The van der Waals surface area contributed by atoms with Crippen molar-refractivity contribution in [1.82, 2.24) is 15.0 Å². The number of benzene rings is 1. The molecular weight excluding hydrogens is 396 g/mol. The summed E-state index contributed by atoms with van der Waals surface area (Å²) < 4.78 is 5.46. The molecule has 3 heterocycles. The molecule has 0 saturated carbocycles. The molecule has 0 bridgehead atoms. The SMILES string of the molecule is Cc1cc(Sc2cc(C#N)ccc2-c2ncc(CN)cn2)cc(N2CCOCC2)n1. The summed E-state index contributed by atoms with van der Waals surface area (Å²) in [6, 6.07) is 11.9. The average molecular weight is 419 g/mol. The van der Waals surface area contributed by atoms with Crippen LogP contribution >= 0.6 is 11.8 Å². The molecule has 1 aliphatic heterocycles. The third-order valence-corrected chi connectivity index (χ3v) is 5.80. The van der Waals surface area contributed by atoms with Crippen LogP contribution in [0, 0.1) is 18.3 Å². The third-order valence-electron chi connectivity index (χ3n) is 4.77. The highest BCUT2D eigenvalue weighted by atomic mass is 32.2. The average Bonchev–Trinajstić information content (AvgIpc) is 2.79. The van der Waals surface area contributed by atoms with Gasteiger partial charge in [-0.1, -0.05) is 11.8 Å². The van der Waals surface area contributed by atoms with Crippen molar-refractivity contribution in [3.8, 4) is 17.5 Å². The molecule has 1 aromatic carbocycles. The van der Waals surface area contributed by atoms with Crippen LogP contribution in [0.4, 0.5) is 5.82 Å². The summed E-state index contributed by atoms with van der Waals surface area (Å²) in [4.78, 5) is 17.8. The van der Waals surface area contributed by atoms with E-state index in [1.165, 1.54) is 0 Å². The molecule has 0 atom stereocenters. The highest BCUT2D eigenvalue weighted by Crippen LogP contribution is 2.37. The molecule has 0 radical (unpaired) electrons. The number of nitrogens with two attached hydrogens (primary N) is 1. The second-order valence-electron chi connectivity index (χ2n) is 6.95. The zero-order valence-electron chi connectivity index (χ0n) is 16.7. The number of aryl methyl sites for hydroxylation is 1. The zero-order chi connectivity index (χ0) is 20.9. The molecule has 2 N–H and O–H groups in total. The Morgan fingerprint density at radius 3 is 2.63 bits per heavy atom. The fourth-order valence-corrected chi connectivity index (χ4v) is 4.32. The number of morpholine rings is 1. The van der Waals surface area contributed by atoms with Gasteiger partial charge in [0.25, 0.3) is 0 Å². The second-order valence-corrected chi connectivity index (χ2v) is 8.06. The van der Waals surface area contributed by atoms with Gasteiger partial charge in [-0.2, -0.15) is 5.26 Å². The topological polar surface area (TPSA) is 101 Å². The van der Waals surface area contributed by atoms with Crippen molar-refractivity contribution in [2.45, 2.75) is 23.3 Å². The fraction of sp³-hybridized carbons (Fsp3) is 0.273. The number of pyridine rings is 1. The van der Waals surface area contributed by atoms with E-state index in [1.807, 2.05) is 19.1 Å². The van der Waals surface area contributed by atoms with Crippen LogP contribution in [0.15, 0.2) is 52.5 Å². The Bertz CT molecular complexity index is 1070. The predicted molar refractivity (Wildman–Crippen MR) is 116 cm³/mol. The standard InChI is InChI=1S/C22H22N6OS/c1-15-8-18(10-21(27-15)28-4-6-29-7-5-28)30-20-9-16(11-23)2-3-19(20)22-25-13-17(12-24)14-26-22/h2-3,8-10,13-14H,4-7,12,24H2,1H3. The minimum absolute atomic E-state index is 0.399. The summed E-state index contributed by atoms with van der Waals surface area (Å²) in [5.41, 5.74) is 8.96. The number of nitriles is 1. The summed E-state index contributed by atoms with van der Waals surface area (Å²) in [6.45, 7) is 5.48. The number of aromatic nitrogens is 3. The van der Waals surface area contributed by atoms with Crippen LogP contribution in [-0.2, 0) is 11.3 Å². The molecule has 0 aliphatic carbocycles. The quantitative estimate of drug-likeness (QED) is 0.674. The number of ether oxygens (including phenoxy) is 1. The molecule has 1 aliphatic rings. The van der Waals surface area contributed by atoms with E-state index in [0.29, 0.717) is 31.1 Å². The van der Waals surface area contributed by atoms with Gasteiger partial charge < -0.3 is 15.4 Å². The van der Waals surface area contributed by atoms with Gasteiger partial charge in [-0.05, 0) is 37.3 Å². The number of hydrogen-bond donors (Lipinski definition) is 1. The Kier molecular flexibility index (Phi) is 6.23. The van der Waals surface area contributed by atoms with Crippen molar-refractivity contribution < 1.29 is 4.74 Å². The van der Waals surface area contributed by atoms with Gasteiger partial charge in [-0.25, -0.2) is 15.0 Å². The van der Waals surface area contributed by atoms with Gasteiger partial charge in [0.15, 0.2) is 5.82 Å². The lowest BCUT2D eigenvalue weighted by Gasteiger charge is -2.28.